The van der Waals surface area contributed by atoms with E-state index in [0.29, 0.717) is 40.0 Å². The third kappa shape index (κ3) is 6.90. The zero-order valence-corrected chi connectivity index (χ0v) is 22.8. The van der Waals surface area contributed by atoms with Gasteiger partial charge < -0.3 is 14.6 Å². The molecular weight excluding hydrogens is 538 g/mol. The Kier molecular flexibility index (Phi) is 9.11. The van der Waals surface area contributed by atoms with Gasteiger partial charge >= 0.3 is 5.97 Å². The summed E-state index contributed by atoms with van der Waals surface area (Å²) in [6.07, 6.45) is 3.90. The summed E-state index contributed by atoms with van der Waals surface area (Å²) in [5, 5.41) is 9.35. The van der Waals surface area contributed by atoms with Crippen molar-refractivity contribution in [1.29, 1.82) is 0 Å². The highest BCUT2D eigenvalue weighted by Crippen LogP contribution is 2.38. The minimum Gasteiger partial charge on any atom is -0.490 e. The highest BCUT2D eigenvalue weighted by molar-refractivity contribution is 8.18. The van der Waals surface area contributed by atoms with Gasteiger partial charge in [0.05, 0.1) is 23.6 Å². The molecule has 0 aliphatic carbocycles. The second kappa shape index (κ2) is 12.7. The number of carboxylic acid groups (broad SMARTS) is 1. The molecule has 1 N–H and O–H groups in total. The van der Waals surface area contributed by atoms with Gasteiger partial charge in [0.15, 0.2) is 11.5 Å². The fourth-order valence-electron chi connectivity index (χ4n) is 3.96. The number of hydrogen-bond donors (Lipinski definition) is 1. The van der Waals surface area contributed by atoms with Crippen molar-refractivity contribution in [2.45, 2.75) is 26.5 Å². The number of ether oxygens (including phenoxy) is 2. The zero-order valence-electron chi connectivity index (χ0n) is 21.2. The van der Waals surface area contributed by atoms with Crippen LogP contribution in [0, 0.1) is 0 Å². The van der Waals surface area contributed by atoms with Crippen molar-refractivity contribution < 1.29 is 29.0 Å². The van der Waals surface area contributed by atoms with Gasteiger partial charge in [0.25, 0.3) is 11.1 Å². The summed E-state index contributed by atoms with van der Waals surface area (Å²) in [5.74, 6) is -0.334. The monoisotopic (exact) mass is 563 g/mol. The molecule has 0 aromatic heterocycles. The first kappa shape index (κ1) is 28.0. The molecule has 1 heterocycles. The first-order valence-electron chi connectivity index (χ1n) is 12.1. The van der Waals surface area contributed by atoms with Crippen LogP contribution in [0.4, 0.5) is 4.79 Å². The van der Waals surface area contributed by atoms with E-state index in [1.54, 1.807) is 54.6 Å². The van der Waals surface area contributed by atoms with E-state index in [-0.39, 0.29) is 29.9 Å². The summed E-state index contributed by atoms with van der Waals surface area (Å²) in [7, 11) is 0. The van der Waals surface area contributed by atoms with E-state index in [0.717, 1.165) is 28.5 Å². The predicted molar refractivity (Wildman–Crippen MR) is 152 cm³/mol. The average molecular weight is 564 g/mol. The van der Waals surface area contributed by atoms with Crippen molar-refractivity contribution in [2.75, 3.05) is 6.61 Å². The molecule has 2 amide bonds. The Morgan fingerprint density at radius 3 is 2.38 bits per heavy atom. The van der Waals surface area contributed by atoms with Crippen molar-refractivity contribution in [1.82, 2.24) is 4.90 Å². The van der Waals surface area contributed by atoms with Crippen LogP contribution in [-0.4, -0.2) is 33.7 Å². The van der Waals surface area contributed by atoms with E-state index >= 15 is 0 Å². The maximum Gasteiger partial charge on any atom is 0.335 e. The molecule has 1 fully saturated rings. The highest BCUT2D eigenvalue weighted by Gasteiger charge is 2.35. The molecule has 39 heavy (non-hydrogen) atoms. The Morgan fingerprint density at radius 1 is 1.05 bits per heavy atom. The maximum absolute atomic E-state index is 13.1. The highest BCUT2D eigenvalue weighted by atomic mass is 35.5. The number of benzene rings is 3. The fraction of sp³-hybridized carbons (Fsp3) is 0.167. The number of rotatable bonds is 11. The van der Waals surface area contributed by atoms with Crippen LogP contribution < -0.4 is 9.47 Å². The number of thioether (sulfide) groups is 1. The number of carboxylic acids is 1. The largest absolute Gasteiger partial charge is 0.490 e. The third-order valence-corrected chi connectivity index (χ3v) is 6.99. The van der Waals surface area contributed by atoms with Crippen LogP contribution in [-0.2, 0) is 24.4 Å². The van der Waals surface area contributed by atoms with Crippen molar-refractivity contribution in [3.63, 3.8) is 0 Å². The SMILES string of the molecule is C=CCc1cc(/C=C2/SC(=O)N(Cc3ccc(Cl)cc3)C2=O)cc(OCC)c1OCc1ccc(C(=O)O)cc1. The van der Waals surface area contributed by atoms with Gasteiger partial charge in [-0.15, -0.1) is 6.58 Å². The van der Waals surface area contributed by atoms with Crippen LogP contribution >= 0.6 is 23.4 Å². The van der Waals surface area contributed by atoms with E-state index in [1.807, 2.05) is 13.0 Å². The van der Waals surface area contributed by atoms with E-state index in [9.17, 15) is 14.4 Å². The number of imide groups is 1. The molecule has 0 spiro atoms. The summed E-state index contributed by atoms with van der Waals surface area (Å²) < 4.78 is 12.0. The molecule has 3 aromatic carbocycles. The average Bonchev–Trinajstić information content (AvgIpc) is 3.17. The predicted octanol–water partition coefficient (Wildman–Crippen LogP) is 6.98. The van der Waals surface area contributed by atoms with Crippen LogP contribution in [0.3, 0.4) is 0 Å². The number of halogens is 1. The minimum absolute atomic E-state index is 0.158. The van der Waals surface area contributed by atoms with Crippen LogP contribution in [0.2, 0.25) is 5.02 Å². The van der Waals surface area contributed by atoms with Gasteiger partial charge in [-0.2, -0.15) is 0 Å². The summed E-state index contributed by atoms with van der Waals surface area (Å²) in [6.45, 7) is 6.45. The van der Waals surface area contributed by atoms with Crippen molar-refractivity contribution in [3.05, 3.63) is 111 Å². The van der Waals surface area contributed by atoms with Gasteiger partial charge in [0, 0.05) is 10.6 Å². The lowest BCUT2D eigenvalue weighted by Gasteiger charge is -2.17. The molecule has 7 nitrogen and oxygen atoms in total. The first-order chi connectivity index (χ1) is 18.8. The lowest BCUT2D eigenvalue weighted by Crippen LogP contribution is -2.27. The molecule has 0 radical (unpaired) electrons. The van der Waals surface area contributed by atoms with E-state index in [1.165, 1.54) is 17.0 Å². The molecular formula is C30H26ClNO6S. The molecule has 4 rings (SSSR count). The zero-order chi connectivity index (χ0) is 27.9. The van der Waals surface area contributed by atoms with Gasteiger partial charge in [-0.3, -0.25) is 14.5 Å². The summed E-state index contributed by atoms with van der Waals surface area (Å²) in [6, 6.07) is 17.1. The Bertz CT molecular complexity index is 1430. The minimum atomic E-state index is -0.993. The fourth-order valence-corrected chi connectivity index (χ4v) is 4.92. The molecule has 1 saturated heterocycles. The number of amides is 2. The number of nitrogens with zero attached hydrogens (tertiary/aromatic N) is 1. The molecule has 0 saturated carbocycles. The number of allylic oxidation sites excluding steroid dienone is 1. The quantitative estimate of drug-likeness (QED) is 0.199. The number of hydrogen-bond acceptors (Lipinski definition) is 6. The lowest BCUT2D eigenvalue weighted by atomic mass is 10.0. The van der Waals surface area contributed by atoms with Gasteiger partial charge in [0.1, 0.15) is 6.61 Å². The number of aromatic carboxylic acids is 1. The Hall–Kier alpha value is -4.01. The normalized spacial score (nSPS) is 14.1. The third-order valence-electron chi connectivity index (χ3n) is 5.83. The van der Waals surface area contributed by atoms with Crippen LogP contribution in [0.5, 0.6) is 11.5 Å². The molecule has 1 aliphatic rings. The van der Waals surface area contributed by atoms with E-state index in [2.05, 4.69) is 6.58 Å². The molecule has 1 aliphatic heterocycles. The van der Waals surface area contributed by atoms with Crippen molar-refractivity contribution >= 4 is 46.6 Å². The number of carbonyl (C=O) groups is 3. The van der Waals surface area contributed by atoms with Gasteiger partial charge in [-0.25, -0.2) is 4.79 Å². The summed E-state index contributed by atoms with van der Waals surface area (Å²) >= 11 is 6.83. The Balaban J connectivity index is 1.59. The molecule has 200 valence electrons. The second-order valence-electron chi connectivity index (χ2n) is 8.62. The molecule has 0 bridgehead atoms. The first-order valence-corrected chi connectivity index (χ1v) is 13.3. The van der Waals surface area contributed by atoms with Crippen LogP contribution in [0.1, 0.15) is 39.5 Å². The molecule has 9 heteroatoms. The van der Waals surface area contributed by atoms with E-state index < -0.39 is 5.97 Å². The van der Waals surface area contributed by atoms with Gasteiger partial charge in [-0.1, -0.05) is 41.9 Å². The smallest absolute Gasteiger partial charge is 0.335 e. The molecule has 0 unspecified atom stereocenters. The number of carbonyl (C=O) groups excluding carboxylic acids is 2. The van der Waals surface area contributed by atoms with Gasteiger partial charge in [-0.05, 0) is 84.3 Å². The lowest BCUT2D eigenvalue weighted by molar-refractivity contribution is -0.123. The maximum atomic E-state index is 13.1. The van der Waals surface area contributed by atoms with Crippen LogP contribution in [0.15, 0.2) is 78.2 Å². The second-order valence-corrected chi connectivity index (χ2v) is 10.0. The molecule has 0 atom stereocenters. The van der Waals surface area contributed by atoms with Gasteiger partial charge in [0.2, 0.25) is 0 Å². The standard InChI is InChI=1S/C30H26ClNO6S/c1-3-5-23-14-21(16-26-28(33)32(30(36)39-26)17-19-8-12-24(31)13-9-19)15-25(37-4-2)27(23)38-18-20-6-10-22(11-7-20)29(34)35/h3,6-16H,1,4-5,17-18H2,2H3,(H,34,35)/b26-16+. The van der Waals surface area contributed by atoms with Crippen molar-refractivity contribution in [3.8, 4) is 11.5 Å². The summed E-state index contributed by atoms with van der Waals surface area (Å²) in [5.41, 5.74) is 3.28. The topological polar surface area (TPSA) is 93.1 Å². The van der Waals surface area contributed by atoms with Crippen LogP contribution in [0.25, 0.3) is 6.08 Å². The summed E-state index contributed by atoms with van der Waals surface area (Å²) in [4.78, 5) is 38.4. The Morgan fingerprint density at radius 2 is 1.74 bits per heavy atom. The van der Waals surface area contributed by atoms with Crippen molar-refractivity contribution in [2.24, 2.45) is 0 Å². The molecule has 3 aromatic rings. The Labute approximate surface area is 235 Å². The van der Waals surface area contributed by atoms with E-state index in [4.69, 9.17) is 26.2 Å².